The van der Waals surface area contributed by atoms with Crippen LogP contribution in [0.3, 0.4) is 0 Å². The number of pyridine rings is 1. The fourth-order valence-electron chi connectivity index (χ4n) is 5.64. The SMILES string of the molecule is CN1CC=Cc2c(Cc3ccnc4ccccc34)cc3c(=O)n(C4CCCCC4O)cnc3c21. The van der Waals surface area contributed by atoms with Crippen molar-refractivity contribution in [2.45, 2.75) is 44.2 Å². The molecular weight excluding hydrogens is 424 g/mol. The van der Waals surface area contributed by atoms with Gasteiger partial charge in [-0.25, -0.2) is 4.98 Å². The molecule has 2 aromatic carbocycles. The van der Waals surface area contributed by atoms with E-state index in [1.807, 2.05) is 37.5 Å². The zero-order chi connectivity index (χ0) is 23.2. The number of aliphatic hydroxyl groups is 1. The zero-order valence-electron chi connectivity index (χ0n) is 19.3. The highest BCUT2D eigenvalue weighted by Crippen LogP contribution is 2.36. The minimum atomic E-state index is -0.503. The monoisotopic (exact) mass is 452 g/mol. The Morgan fingerprint density at radius 2 is 1.91 bits per heavy atom. The third kappa shape index (κ3) is 3.41. The van der Waals surface area contributed by atoms with Crippen LogP contribution in [0, 0.1) is 0 Å². The van der Waals surface area contributed by atoms with E-state index in [0.29, 0.717) is 11.8 Å². The quantitative estimate of drug-likeness (QED) is 0.496. The van der Waals surface area contributed by atoms with E-state index in [9.17, 15) is 9.90 Å². The van der Waals surface area contributed by atoms with Crippen molar-refractivity contribution in [1.29, 1.82) is 0 Å². The Labute approximate surface area is 198 Å². The molecule has 6 nitrogen and oxygen atoms in total. The highest BCUT2D eigenvalue weighted by atomic mass is 16.3. The molecule has 2 unspecified atom stereocenters. The molecule has 4 aromatic rings. The number of likely N-dealkylation sites (N-methyl/N-ethyl adjacent to an activating group) is 1. The summed E-state index contributed by atoms with van der Waals surface area (Å²) in [5, 5.41) is 12.3. The van der Waals surface area contributed by atoms with Crippen LogP contribution in [0.2, 0.25) is 0 Å². The van der Waals surface area contributed by atoms with Crippen LogP contribution in [0.15, 0.2) is 59.8 Å². The second-order valence-corrected chi connectivity index (χ2v) is 9.52. The van der Waals surface area contributed by atoms with Gasteiger partial charge in [0.05, 0.1) is 35.1 Å². The number of hydrogen-bond donors (Lipinski definition) is 1. The second kappa shape index (κ2) is 8.37. The van der Waals surface area contributed by atoms with Crippen LogP contribution >= 0.6 is 0 Å². The van der Waals surface area contributed by atoms with Gasteiger partial charge in [0.15, 0.2) is 0 Å². The molecule has 0 saturated heterocycles. The number of aliphatic hydroxyl groups excluding tert-OH is 1. The van der Waals surface area contributed by atoms with Crippen molar-refractivity contribution in [3.8, 4) is 0 Å². The highest BCUT2D eigenvalue weighted by molar-refractivity contribution is 5.97. The van der Waals surface area contributed by atoms with Crippen LogP contribution in [0.25, 0.3) is 27.9 Å². The van der Waals surface area contributed by atoms with Gasteiger partial charge in [0.25, 0.3) is 5.56 Å². The van der Waals surface area contributed by atoms with Crippen molar-refractivity contribution in [2.24, 2.45) is 0 Å². The van der Waals surface area contributed by atoms with E-state index in [1.54, 1.807) is 10.9 Å². The van der Waals surface area contributed by atoms with Crippen molar-refractivity contribution < 1.29 is 5.11 Å². The zero-order valence-corrected chi connectivity index (χ0v) is 19.3. The first-order valence-electron chi connectivity index (χ1n) is 12.1. The Morgan fingerprint density at radius 1 is 1.06 bits per heavy atom. The van der Waals surface area contributed by atoms with Gasteiger partial charge in [0.1, 0.15) is 5.52 Å². The molecular formula is C28H28N4O2. The summed E-state index contributed by atoms with van der Waals surface area (Å²) in [6.07, 6.45) is 11.6. The summed E-state index contributed by atoms with van der Waals surface area (Å²) in [4.78, 5) is 25.2. The summed E-state index contributed by atoms with van der Waals surface area (Å²) in [6.45, 7) is 0.774. The smallest absolute Gasteiger partial charge is 0.261 e. The Morgan fingerprint density at radius 3 is 2.79 bits per heavy atom. The third-order valence-corrected chi connectivity index (χ3v) is 7.39. The number of fused-ring (bicyclic) bond motifs is 4. The molecule has 2 atom stereocenters. The van der Waals surface area contributed by atoms with Crippen LogP contribution in [-0.2, 0) is 6.42 Å². The molecule has 1 saturated carbocycles. The Kier molecular flexibility index (Phi) is 5.18. The van der Waals surface area contributed by atoms with Gasteiger partial charge in [-0.15, -0.1) is 0 Å². The molecule has 172 valence electrons. The summed E-state index contributed by atoms with van der Waals surface area (Å²) in [5.41, 5.74) is 6.03. The van der Waals surface area contributed by atoms with E-state index in [4.69, 9.17) is 4.98 Å². The Hall–Kier alpha value is -3.51. The molecule has 6 rings (SSSR count). The largest absolute Gasteiger partial charge is 0.391 e. The van der Waals surface area contributed by atoms with Crippen molar-refractivity contribution in [1.82, 2.24) is 14.5 Å². The number of hydrogen-bond acceptors (Lipinski definition) is 5. The first-order chi connectivity index (χ1) is 16.6. The molecule has 0 amide bonds. The lowest BCUT2D eigenvalue weighted by Crippen LogP contribution is -2.35. The van der Waals surface area contributed by atoms with Gasteiger partial charge in [-0.3, -0.25) is 14.3 Å². The van der Waals surface area contributed by atoms with Gasteiger partial charge in [0.2, 0.25) is 0 Å². The standard InChI is InChI=1S/C28H28N4O2/c1-31-14-6-8-21-19(15-18-12-13-29-23-9-3-2-7-20(18)23)16-22-26(27(21)31)30-17-32(28(22)34)24-10-4-5-11-25(24)33/h2-3,6-9,12-13,16-17,24-25,33H,4-5,10-11,14-15H2,1H3. The predicted molar refractivity (Wildman–Crippen MR) is 136 cm³/mol. The van der Waals surface area contributed by atoms with Gasteiger partial charge < -0.3 is 10.0 Å². The van der Waals surface area contributed by atoms with E-state index in [-0.39, 0.29) is 11.6 Å². The maximum atomic E-state index is 13.7. The summed E-state index contributed by atoms with van der Waals surface area (Å²) in [6, 6.07) is 12.0. The van der Waals surface area contributed by atoms with Crippen LogP contribution in [0.5, 0.6) is 0 Å². The Bertz CT molecular complexity index is 1480. The van der Waals surface area contributed by atoms with Gasteiger partial charge in [-0.1, -0.05) is 43.2 Å². The summed E-state index contributed by atoms with van der Waals surface area (Å²) >= 11 is 0. The number of benzene rings is 2. The normalized spacial score (nSPS) is 20.1. The molecule has 34 heavy (non-hydrogen) atoms. The lowest BCUT2D eigenvalue weighted by molar-refractivity contribution is 0.0735. The van der Waals surface area contributed by atoms with Crippen molar-refractivity contribution >= 4 is 33.6 Å². The number of anilines is 1. The Balaban J connectivity index is 1.56. The van der Waals surface area contributed by atoms with Crippen LogP contribution in [0.1, 0.15) is 48.4 Å². The molecule has 1 aliphatic heterocycles. The molecule has 2 aromatic heterocycles. The number of para-hydroxylation sites is 1. The average Bonchev–Trinajstić information content (AvgIpc) is 2.86. The second-order valence-electron chi connectivity index (χ2n) is 9.52. The molecule has 0 radical (unpaired) electrons. The summed E-state index contributed by atoms with van der Waals surface area (Å²) in [7, 11) is 2.05. The lowest BCUT2D eigenvalue weighted by Gasteiger charge is -2.30. The molecule has 1 fully saturated rings. The number of rotatable bonds is 3. The minimum absolute atomic E-state index is 0.0671. The van der Waals surface area contributed by atoms with Crippen LogP contribution < -0.4 is 10.5 Å². The molecule has 0 bridgehead atoms. The van der Waals surface area contributed by atoms with E-state index >= 15 is 0 Å². The fraction of sp³-hybridized carbons (Fsp3) is 0.321. The van der Waals surface area contributed by atoms with Gasteiger partial charge in [0, 0.05) is 30.7 Å². The molecule has 1 N–H and O–H groups in total. The molecule has 2 aliphatic rings. The van der Waals surface area contributed by atoms with Gasteiger partial charge >= 0.3 is 0 Å². The molecule has 1 aliphatic carbocycles. The van der Waals surface area contributed by atoms with E-state index in [0.717, 1.165) is 65.5 Å². The summed E-state index contributed by atoms with van der Waals surface area (Å²) < 4.78 is 1.67. The first-order valence-corrected chi connectivity index (χ1v) is 12.1. The molecule has 0 spiro atoms. The average molecular weight is 453 g/mol. The van der Waals surface area contributed by atoms with Crippen molar-refractivity contribution in [3.63, 3.8) is 0 Å². The predicted octanol–water partition coefficient (Wildman–Crippen LogP) is 4.47. The highest BCUT2D eigenvalue weighted by Gasteiger charge is 2.27. The van der Waals surface area contributed by atoms with E-state index in [1.165, 1.54) is 5.56 Å². The topological polar surface area (TPSA) is 71.2 Å². The van der Waals surface area contributed by atoms with Crippen molar-refractivity contribution in [2.75, 3.05) is 18.5 Å². The summed E-state index contributed by atoms with van der Waals surface area (Å²) in [5.74, 6) is 0. The maximum Gasteiger partial charge on any atom is 0.261 e. The van der Waals surface area contributed by atoms with Gasteiger partial charge in [-0.05, 0) is 48.6 Å². The third-order valence-electron chi connectivity index (χ3n) is 7.39. The minimum Gasteiger partial charge on any atom is -0.391 e. The fourth-order valence-corrected chi connectivity index (χ4v) is 5.64. The molecule has 6 heteroatoms. The molecule has 3 heterocycles. The van der Waals surface area contributed by atoms with E-state index < -0.39 is 6.10 Å². The first kappa shape index (κ1) is 21.1. The number of aromatic nitrogens is 3. The van der Waals surface area contributed by atoms with Crippen LogP contribution in [0.4, 0.5) is 5.69 Å². The van der Waals surface area contributed by atoms with Gasteiger partial charge in [-0.2, -0.15) is 0 Å². The number of nitrogens with zero attached hydrogens (tertiary/aromatic N) is 4. The van der Waals surface area contributed by atoms with Crippen molar-refractivity contribution in [3.05, 3.63) is 82.0 Å². The lowest BCUT2D eigenvalue weighted by atomic mass is 9.91. The van der Waals surface area contributed by atoms with E-state index in [2.05, 4.69) is 34.2 Å². The maximum absolute atomic E-state index is 13.7. The van der Waals surface area contributed by atoms with Crippen LogP contribution in [-0.4, -0.2) is 39.3 Å².